The maximum absolute atomic E-state index is 12.5. The molecule has 5 nitrogen and oxygen atoms in total. The van der Waals surface area contributed by atoms with Gasteiger partial charge in [0.15, 0.2) is 0 Å². The van der Waals surface area contributed by atoms with Crippen molar-refractivity contribution in [1.29, 1.82) is 0 Å². The zero-order valence-corrected chi connectivity index (χ0v) is 12.0. The number of nitrogens with zero attached hydrogens (tertiary/aromatic N) is 2. The van der Waals surface area contributed by atoms with Gasteiger partial charge in [-0.15, -0.1) is 0 Å². The Labute approximate surface area is 121 Å². The first kappa shape index (κ1) is 17.7. The van der Waals surface area contributed by atoms with Gasteiger partial charge >= 0.3 is 12.1 Å². The minimum Gasteiger partial charge on any atom is -0.480 e. The van der Waals surface area contributed by atoms with E-state index in [1.807, 2.05) is 0 Å². The number of amides is 1. The molecular weight excluding hydrogens is 289 g/mol. The van der Waals surface area contributed by atoms with E-state index < -0.39 is 37.2 Å². The minimum absolute atomic E-state index is 0.428. The Morgan fingerprint density at radius 3 is 2.14 bits per heavy atom. The van der Waals surface area contributed by atoms with Crippen molar-refractivity contribution in [2.45, 2.75) is 44.8 Å². The van der Waals surface area contributed by atoms with Gasteiger partial charge in [0.1, 0.15) is 0 Å². The second-order valence-electron chi connectivity index (χ2n) is 5.33. The van der Waals surface area contributed by atoms with Gasteiger partial charge in [-0.05, 0) is 19.8 Å². The van der Waals surface area contributed by atoms with Gasteiger partial charge in [-0.3, -0.25) is 14.5 Å². The average Bonchev–Trinajstić information content (AvgIpc) is 2.62. The Balaban J connectivity index is 2.74. The zero-order chi connectivity index (χ0) is 16.0. The van der Waals surface area contributed by atoms with E-state index in [4.69, 9.17) is 5.11 Å². The minimum atomic E-state index is -4.54. The quantitative estimate of drug-likeness (QED) is 0.840. The zero-order valence-electron chi connectivity index (χ0n) is 12.0. The summed E-state index contributed by atoms with van der Waals surface area (Å²) < 4.78 is 37.6. The molecule has 21 heavy (non-hydrogen) atoms. The van der Waals surface area contributed by atoms with Crippen LogP contribution in [0, 0.1) is 0 Å². The van der Waals surface area contributed by atoms with E-state index in [0.717, 1.165) is 25.7 Å². The highest BCUT2D eigenvalue weighted by atomic mass is 19.4. The summed E-state index contributed by atoms with van der Waals surface area (Å²) >= 11 is 0. The molecule has 0 aromatic rings. The fourth-order valence-electron chi connectivity index (χ4n) is 2.45. The van der Waals surface area contributed by atoms with Crippen LogP contribution in [0.2, 0.25) is 0 Å². The van der Waals surface area contributed by atoms with E-state index in [1.54, 1.807) is 4.90 Å². The van der Waals surface area contributed by atoms with Crippen LogP contribution in [-0.4, -0.2) is 65.2 Å². The highest BCUT2D eigenvalue weighted by Crippen LogP contribution is 2.19. The van der Waals surface area contributed by atoms with Crippen LogP contribution in [0.3, 0.4) is 0 Å². The van der Waals surface area contributed by atoms with Crippen molar-refractivity contribution >= 4 is 11.9 Å². The van der Waals surface area contributed by atoms with E-state index in [-0.39, 0.29) is 0 Å². The Morgan fingerprint density at radius 1 is 1.19 bits per heavy atom. The van der Waals surface area contributed by atoms with Crippen LogP contribution in [-0.2, 0) is 9.59 Å². The molecule has 0 aromatic carbocycles. The lowest BCUT2D eigenvalue weighted by molar-refractivity contribution is -0.162. The number of carboxylic acids is 1. The molecule has 0 aliphatic carbocycles. The fourth-order valence-corrected chi connectivity index (χ4v) is 2.45. The molecule has 1 rings (SSSR count). The molecular formula is C13H21F3N2O3. The first-order chi connectivity index (χ1) is 9.70. The number of halogens is 3. The number of alkyl halides is 3. The lowest BCUT2D eigenvalue weighted by Crippen LogP contribution is -2.51. The molecule has 0 aromatic heterocycles. The third kappa shape index (κ3) is 6.33. The maximum Gasteiger partial charge on any atom is 0.401 e. The Bertz CT molecular complexity index is 366. The monoisotopic (exact) mass is 310 g/mol. The summed E-state index contributed by atoms with van der Waals surface area (Å²) in [5.74, 6) is -1.81. The van der Waals surface area contributed by atoms with Crippen molar-refractivity contribution in [2.75, 3.05) is 26.2 Å². The third-order valence-electron chi connectivity index (χ3n) is 3.54. The number of hydrogen-bond donors (Lipinski definition) is 1. The van der Waals surface area contributed by atoms with Crippen molar-refractivity contribution in [3.8, 4) is 0 Å². The molecule has 1 unspecified atom stereocenters. The van der Waals surface area contributed by atoms with Crippen LogP contribution in [0.15, 0.2) is 0 Å². The molecule has 1 heterocycles. The third-order valence-corrected chi connectivity index (χ3v) is 3.54. The topological polar surface area (TPSA) is 60.9 Å². The van der Waals surface area contributed by atoms with Crippen LogP contribution >= 0.6 is 0 Å². The van der Waals surface area contributed by atoms with Crippen molar-refractivity contribution in [3.05, 3.63) is 0 Å². The molecule has 0 radical (unpaired) electrons. The van der Waals surface area contributed by atoms with Gasteiger partial charge in [-0.1, -0.05) is 12.8 Å². The fraction of sp³-hybridized carbons (Fsp3) is 0.846. The van der Waals surface area contributed by atoms with Crippen LogP contribution in [0.4, 0.5) is 13.2 Å². The van der Waals surface area contributed by atoms with Gasteiger partial charge in [-0.2, -0.15) is 13.2 Å². The van der Waals surface area contributed by atoms with E-state index in [2.05, 4.69) is 0 Å². The second kappa shape index (κ2) is 7.63. The van der Waals surface area contributed by atoms with Gasteiger partial charge < -0.3 is 10.0 Å². The van der Waals surface area contributed by atoms with Crippen molar-refractivity contribution in [3.63, 3.8) is 0 Å². The summed E-state index contributed by atoms with van der Waals surface area (Å²) in [7, 11) is 0. The lowest BCUT2D eigenvalue weighted by atomic mass is 10.2. The SMILES string of the molecule is CC(C(=O)N1CCCCCC1)N(CC(=O)O)CC(F)(F)F. The van der Waals surface area contributed by atoms with E-state index in [1.165, 1.54) is 6.92 Å². The molecule has 122 valence electrons. The van der Waals surface area contributed by atoms with Crippen LogP contribution in [0.25, 0.3) is 0 Å². The predicted octanol–water partition coefficient (Wildman–Crippen LogP) is 1.73. The molecule has 0 spiro atoms. The molecule has 1 saturated heterocycles. The van der Waals surface area contributed by atoms with Crippen LogP contribution in [0.5, 0.6) is 0 Å². The number of carbonyl (C=O) groups excluding carboxylic acids is 1. The van der Waals surface area contributed by atoms with Crippen molar-refractivity contribution < 1.29 is 27.9 Å². The van der Waals surface area contributed by atoms with E-state index >= 15 is 0 Å². The molecule has 8 heteroatoms. The van der Waals surface area contributed by atoms with Gasteiger partial charge in [0.2, 0.25) is 5.91 Å². The Hall–Kier alpha value is -1.31. The second-order valence-corrected chi connectivity index (χ2v) is 5.33. The van der Waals surface area contributed by atoms with Crippen molar-refractivity contribution in [2.24, 2.45) is 0 Å². The van der Waals surface area contributed by atoms with Gasteiger partial charge in [0, 0.05) is 13.1 Å². The highest BCUT2D eigenvalue weighted by Gasteiger charge is 2.36. The normalized spacial score (nSPS) is 18.4. The van der Waals surface area contributed by atoms with E-state index in [0.29, 0.717) is 18.0 Å². The molecule has 1 aliphatic rings. The number of carboxylic acid groups (broad SMARTS) is 1. The summed E-state index contributed by atoms with van der Waals surface area (Å²) in [5, 5.41) is 8.73. The Kier molecular flexibility index (Phi) is 6.44. The predicted molar refractivity (Wildman–Crippen MR) is 69.8 cm³/mol. The molecule has 1 N–H and O–H groups in total. The number of likely N-dealkylation sites (tertiary alicyclic amines) is 1. The van der Waals surface area contributed by atoms with Crippen LogP contribution in [0.1, 0.15) is 32.6 Å². The average molecular weight is 310 g/mol. The number of hydrogen-bond acceptors (Lipinski definition) is 3. The molecule has 0 bridgehead atoms. The summed E-state index contributed by atoms with van der Waals surface area (Å²) in [6, 6.07) is -1.10. The maximum atomic E-state index is 12.5. The highest BCUT2D eigenvalue weighted by molar-refractivity contribution is 5.82. The van der Waals surface area contributed by atoms with Crippen molar-refractivity contribution in [1.82, 2.24) is 9.80 Å². The van der Waals surface area contributed by atoms with Crippen LogP contribution < -0.4 is 0 Å². The summed E-state index contributed by atoms with van der Waals surface area (Å²) in [4.78, 5) is 25.2. The largest absolute Gasteiger partial charge is 0.480 e. The van der Waals surface area contributed by atoms with Gasteiger partial charge in [0.25, 0.3) is 0 Å². The summed E-state index contributed by atoms with van der Waals surface area (Å²) in [6.07, 6.45) is -0.880. The lowest BCUT2D eigenvalue weighted by Gasteiger charge is -2.31. The number of carbonyl (C=O) groups is 2. The van der Waals surface area contributed by atoms with E-state index in [9.17, 15) is 22.8 Å². The molecule has 1 atom stereocenters. The summed E-state index contributed by atoms with van der Waals surface area (Å²) in [5.41, 5.74) is 0. The Morgan fingerprint density at radius 2 is 1.71 bits per heavy atom. The molecule has 1 fully saturated rings. The molecule has 0 saturated carbocycles. The van der Waals surface area contributed by atoms with Gasteiger partial charge in [0.05, 0.1) is 19.1 Å². The van der Waals surface area contributed by atoms with Gasteiger partial charge in [-0.25, -0.2) is 0 Å². The molecule has 1 aliphatic heterocycles. The number of rotatable bonds is 5. The molecule has 1 amide bonds. The summed E-state index contributed by atoms with van der Waals surface area (Å²) in [6.45, 7) is 0.175. The smallest absolute Gasteiger partial charge is 0.401 e. The first-order valence-corrected chi connectivity index (χ1v) is 7.02. The standard InChI is InChI=1S/C13H21F3N2O3/c1-10(12(21)17-6-4-2-3-5-7-17)18(8-11(19)20)9-13(14,15)16/h10H,2-9H2,1H3,(H,19,20). The first-order valence-electron chi connectivity index (χ1n) is 7.02. The number of aliphatic carboxylic acids is 1.